The van der Waals surface area contributed by atoms with Crippen LogP contribution in [0.5, 0.6) is 5.75 Å². The highest BCUT2D eigenvalue weighted by atomic mass is 32.2. The van der Waals surface area contributed by atoms with E-state index in [0.29, 0.717) is 27.5 Å². The number of carbonyl (C=O) groups is 2. The van der Waals surface area contributed by atoms with E-state index in [1.54, 1.807) is 0 Å². The number of ether oxygens (including phenoxy) is 1. The second-order valence-electron chi connectivity index (χ2n) is 8.33. The molecule has 0 aliphatic carbocycles. The Balaban J connectivity index is 1.74. The van der Waals surface area contributed by atoms with Crippen molar-refractivity contribution in [3.8, 4) is 5.75 Å². The predicted molar refractivity (Wildman–Crippen MR) is 135 cm³/mol. The first-order valence-corrected chi connectivity index (χ1v) is 12.0. The van der Waals surface area contributed by atoms with Gasteiger partial charge in [-0.05, 0) is 68.1 Å². The van der Waals surface area contributed by atoms with Gasteiger partial charge in [-0.2, -0.15) is 0 Å². The van der Waals surface area contributed by atoms with Gasteiger partial charge in [0.25, 0.3) is 11.8 Å². The normalized spacial score (nSPS) is 13.9. The third-order valence-corrected chi connectivity index (χ3v) is 6.74. The van der Waals surface area contributed by atoms with Crippen molar-refractivity contribution in [3.05, 3.63) is 100.0 Å². The lowest BCUT2D eigenvalue weighted by Gasteiger charge is -2.19. The summed E-state index contributed by atoms with van der Waals surface area (Å²) < 4.78 is 5.75. The van der Waals surface area contributed by atoms with Crippen molar-refractivity contribution in [1.29, 1.82) is 0 Å². The molecule has 168 valence electrons. The van der Waals surface area contributed by atoms with E-state index >= 15 is 0 Å². The van der Waals surface area contributed by atoms with Crippen LogP contribution in [0.2, 0.25) is 0 Å². The van der Waals surface area contributed by atoms with Gasteiger partial charge >= 0.3 is 0 Å². The third kappa shape index (κ3) is 4.74. The third-order valence-electron chi connectivity index (χ3n) is 5.60. The fourth-order valence-corrected chi connectivity index (χ4v) is 4.86. The first kappa shape index (κ1) is 22.9. The summed E-state index contributed by atoms with van der Waals surface area (Å²) in [5.41, 5.74) is 4.85. The molecule has 3 aromatic rings. The molecule has 4 rings (SSSR count). The summed E-state index contributed by atoms with van der Waals surface area (Å²) in [5, 5.41) is 0. The zero-order chi connectivity index (χ0) is 23.5. The van der Waals surface area contributed by atoms with E-state index in [-0.39, 0.29) is 17.9 Å². The number of hydrogen-bond donors (Lipinski definition) is 0. The summed E-state index contributed by atoms with van der Waals surface area (Å²) in [6, 6.07) is 23.1. The highest BCUT2D eigenvalue weighted by molar-refractivity contribution is 8.03. The first-order valence-electron chi connectivity index (χ1n) is 11.0. The molecule has 0 unspecified atom stereocenters. The van der Waals surface area contributed by atoms with Crippen LogP contribution in [0.4, 0.5) is 5.69 Å². The Hall–Kier alpha value is -3.31. The molecule has 0 saturated heterocycles. The number of thioether (sulfide) groups is 1. The number of carbonyl (C=O) groups excluding carboxylic acids is 2. The summed E-state index contributed by atoms with van der Waals surface area (Å²) >= 11 is 1.41. The smallest absolute Gasteiger partial charge is 0.272 e. The summed E-state index contributed by atoms with van der Waals surface area (Å²) in [7, 11) is 0. The highest BCUT2D eigenvalue weighted by Gasteiger charge is 2.40. The van der Waals surface area contributed by atoms with Crippen LogP contribution < -0.4 is 9.64 Å². The number of amides is 2. The molecule has 1 aliphatic rings. The number of hydrogen-bond acceptors (Lipinski definition) is 4. The minimum absolute atomic E-state index is 0.0570. The van der Waals surface area contributed by atoms with E-state index in [4.69, 9.17) is 4.74 Å². The molecule has 4 nitrogen and oxygen atoms in total. The van der Waals surface area contributed by atoms with Gasteiger partial charge < -0.3 is 4.74 Å². The number of anilines is 1. The van der Waals surface area contributed by atoms with E-state index in [1.165, 1.54) is 16.7 Å². The van der Waals surface area contributed by atoms with Gasteiger partial charge in [-0.1, -0.05) is 54.6 Å². The molecule has 1 heterocycles. The average Bonchev–Trinajstić information content (AvgIpc) is 3.04. The van der Waals surface area contributed by atoms with Gasteiger partial charge in [0.15, 0.2) is 0 Å². The highest BCUT2D eigenvalue weighted by Crippen LogP contribution is 2.41. The number of imide groups is 1. The summed E-state index contributed by atoms with van der Waals surface area (Å²) in [4.78, 5) is 29.1. The molecule has 0 saturated carbocycles. The molecule has 0 spiro atoms. The zero-order valence-electron chi connectivity index (χ0n) is 19.3. The molecule has 0 aromatic heterocycles. The maximum Gasteiger partial charge on any atom is 0.272 e. The minimum Gasteiger partial charge on any atom is -0.491 e. The fourth-order valence-electron chi connectivity index (χ4n) is 3.80. The second kappa shape index (κ2) is 9.67. The van der Waals surface area contributed by atoms with E-state index < -0.39 is 0 Å². The number of rotatable bonds is 7. The van der Waals surface area contributed by atoms with E-state index in [1.807, 2.05) is 100 Å². The number of nitrogens with zero attached hydrogens (tertiary/aromatic N) is 1. The topological polar surface area (TPSA) is 46.6 Å². The lowest BCUT2D eigenvalue weighted by atomic mass is 10.1. The average molecular weight is 458 g/mol. The van der Waals surface area contributed by atoms with Gasteiger partial charge in [0.05, 0.1) is 22.3 Å². The molecule has 33 heavy (non-hydrogen) atoms. The van der Waals surface area contributed by atoms with Gasteiger partial charge in [0, 0.05) is 5.75 Å². The second-order valence-corrected chi connectivity index (χ2v) is 9.32. The van der Waals surface area contributed by atoms with Gasteiger partial charge in [-0.15, -0.1) is 11.8 Å². The maximum atomic E-state index is 13.7. The van der Waals surface area contributed by atoms with Gasteiger partial charge in [-0.3, -0.25) is 9.59 Å². The molecule has 0 radical (unpaired) electrons. The van der Waals surface area contributed by atoms with Crippen LogP contribution in [0.25, 0.3) is 5.57 Å². The molecule has 0 atom stereocenters. The monoisotopic (exact) mass is 457 g/mol. The molecule has 3 aromatic carbocycles. The lowest BCUT2D eigenvalue weighted by molar-refractivity contribution is -0.119. The van der Waals surface area contributed by atoms with Crippen LogP contribution in [0, 0.1) is 13.8 Å². The van der Waals surface area contributed by atoms with Crippen LogP contribution in [0.3, 0.4) is 0 Å². The van der Waals surface area contributed by atoms with Crippen molar-refractivity contribution in [3.63, 3.8) is 0 Å². The van der Waals surface area contributed by atoms with Crippen molar-refractivity contribution in [2.24, 2.45) is 0 Å². The molecular weight excluding hydrogens is 430 g/mol. The summed E-state index contributed by atoms with van der Waals surface area (Å²) in [6.45, 7) is 7.86. The number of benzene rings is 3. The molecule has 5 heteroatoms. The van der Waals surface area contributed by atoms with Crippen molar-refractivity contribution in [2.45, 2.75) is 39.6 Å². The van der Waals surface area contributed by atoms with Gasteiger partial charge in [0.1, 0.15) is 5.75 Å². The largest absolute Gasteiger partial charge is 0.491 e. The molecular formula is C28H27NO3S. The van der Waals surface area contributed by atoms with Gasteiger partial charge in [0.2, 0.25) is 0 Å². The summed E-state index contributed by atoms with van der Waals surface area (Å²) in [6.07, 6.45) is 0.0570. The van der Waals surface area contributed by atoms with Crippen molar-refractivity contribution < 1.29 is 14.3 Å². The Kier molecular flexibility index (Phi) is 6.70. The van der Waals surface area contributed by atoms with Crippen LogP contribution in [-0.2, 0) is 15.3 Å². The molecule has 0 N–H and O–H groups in total. The fraction of sp³-hybridized carbons (Fsp3) is 0.214. The molecule has 2 amide bonds. The minimum atomic E-state index is -0.290. The van der Waals surface area contributed by atoms with E-state index in [0.717, 1.165) is 22.4 Å². The Morgan fingerprint density at radius 2 is 1.55 bits per heavy atom. The lowest BCUT2D eigenvalue weighted by Crippen LogP contribution is -2.32. The molecule has 0 bridgehead atoms. The Labute approximate surface area is 199 Å². The Morgan fingerprint density at radius 3 is 2.21 bits per heavy atom. The summed E-state index contributed by atoms with van der Waals surface area (Å²) in [5.74, 6) is 0.776. The maximum absolute atomic E-state index is 13.7. The van der Waals surface area contributed by atoms with E-state index in [9.17, 15) is 9.59 Å². The molecule has 0 fully saturated rings. The van der Waals surface area contributed by atoms with Crippen molar-refractivity contribution >= 4 is 34.8 Å². The van der Waals surface area contributed by atoms with Crippen LogP contribution in [0.15, 0.2) is 77.7 Å². The standard InChI is InChI=1S/C28H27NO3S/c1-18(2)32-23-15-13-22(14-16-23)25-26(33-17-21-10-6-5-7-11-21)28(31)29(27(25)30)24-12-8-9-19(3)20(24)4/h5-16,18H,17H2,1-4H3. The zero-order valence-corrected chi connectivity index (χ0v) is 20.1. The van der Waals surface area contributed by atoms with E-state index in [2.05, 4.69) is 0 Å². The quantitative estimate of drug-likeness (QED) is 0.390. The van der Waals surface area contributed by atoms with Crippen LogP contribution in [0.1, 0.15) is 36.1 Å². The molecule has 1 aliphatic heterocycles. The van der Waals surface area contributed by atoms with Crippen LogP contribution in [-0.4, -0.2) is 17.9 Å². The Bertz CT molecular complexity index is 1210. The van der Waals surface area contributed by atoms with Crippen molar-refractivity contribution in [2.75, 3.05) is 4.90 Å². The number of aryl methyl sites for hydroxylation is 1. The van der Waals surface area contributed by atoms with Crippen molar-refractivity contribution in [1.82, 2.24) is 0 Å². The predicted octanol–water partition coefficient (Wildman–Crippen LogP) is 6.31. The first-order chi connectivity index (χ1) is 15.9. The SMILES string of the molecule is Cc1cccc(N2C(=O)C(SCc3ccccc3)=C(c3ccc(OC(C)C)cc3)C2=O)c1C. The van der Waals surface area contributed by atoms with Crippen LogP contribution >= 0.6 is 11.8 Å². The Morgan fingerprint density at radius 1 is 0.848 bits per heavy atom. The van der Waals surface area contributed by atoms with Gasteiger partial charge in [-0.25, -0.2) is 4.90 Å².